The summed E-state index contributed by atoms with van der Waals surface area (Å²) in [5.41, 5.74) is 0. The van der Waals surface area contributed by atoms with Crippen molar-refractivity contribution in [2.75, 3.05) is 33.3 Å². The van der Waals surface area contributed by atoms with E-state index in [2.05, 4.69) is 21.8 Å². The second-order valence-corrected chi connectivity index (χ2v) is 7.03. The van der Waals surface area contributed by atoms with Gasteiger partial charge in [-0.25, -0.2) is 13.1 Å². The summed E-state index contributed by atoms with van der Waals surface area (Å²) >= 11 is 0. The van der Waals surface area contributed by atoms with Crippen LogP contribution in [0, 0.1) is 5.92 Å². The van der Waals surface area contributed by atoms with E-state index in [9.17, 15) is 8.42 Å². The predicted molar refractivity (Wildman–Crippen MR) is 74.7 cm³/mol. The number of sulfonamides is 1. The quantitative estimate of drug-likeness (QED) is 0.739. The van der Waals surface area contributed by atoms with Gasteiger partial charge in [-0.3, -0.25) is 4.68 Å². The Morgan fingerprint density at radius 3 is 2.80 bits per heavy atom. The van der Waals surface area contributed by atoms with Gasteiger partial charge in [0.25, 0.3) is 0 Å². The highest BCUT2D eigenvalue weighted by Gasteiger charge is 2.21. The van der Waals surface area contributed by atoms with Gasteiger partial charge < -0.3 is 10.0 Å². The second-order valence-electron chi connectivity index (χ2n) is 5.26. The smallest absolute Gasteiger partial charge is 0.243 e. The summed E-state index contributed by atoms with van der Waals surface area (Å²) in [5.74, 6) is 0.397. The van der Waals surface area contributed by atoms with Gasteiger partial charge >= 0.3 is 0 Å². The molecule has 0 radical (unpaired) electrons. The molecule has 0 amide bonds. The molecule has 0 aliphatic carbocycles. The van der Waals surface area contributed by atoms with Gasteiger partial charge in [0.1, 0.15) is 4.90 Å². The average molecular weight is 302 g/mol. The van der Waals surface area contributed by atoms with Crippen LogP contribution >= 0.6 is 0 Å². The molecule has 1 aromatic heterocycles. The van der Waals surface area contributed by atoms with E-state index in [0.29, 0.717) is 19.0 Å². The number of likely N-dealkylation sites (tertiary alicyclic amines) is 1. The number of piperidine rings is 1. The molecule has 1 aliphatic heterocycles. The maximum Gasteiger partial charge on any atom is 0.243 e. The maximum atomic E-state index is 12.1. The summed E-state index contributed by atoms with van der Waals surface area (Å²) in [5, 5.41) is 12.7. The predicted octanol–water partition coefficient (Wildman–Crippen LogP) is -0.504. The Hall–Kier alpha value is -0.960. The molecule has 0 spiro atoms. The molecular formula is C12H22N4O3S. The fraction of sp³-hybridized carbons (Fsp3) is 0.750. The van der Waals surface area contributed by atoms with Crippen LogP contribution in [0.4, 0.5) is 0 Å². The van der Waals surface area contributed by atoms with E-state index < -0.39 is 10.0 Å². The number of rotatable bonds is 6. The van der Waals surface area contributed by atoms with E-state index in [4.69, 9.17) is 5.11 Å². The van der Waals surface area contributed by atoms with Crippen LogP contribution in [0.2, 0.25) is 0 Å². The summed E-state index contributed by atoms with van der Waals surface area (Å²) in [4.78, 5) is 2.41. The molecule has 0 aromatic carbocycles. The van der Waals surface area contributed by atoms with Crippen LogP contribution in [0.25, 0.3) is 0 Å². The van der Waals surface area contributed by atoms with Crippen LogP contribution in [-0.2, 0) is 16.6 Å². The third-order valence-corrected chi connectivity index (χ3v) is 5.03. The number of nitrogens with zero attached hydrogens (tertiary/aromatic N) is 3. The minimum atomic E-state index is -3.50. The normalized spacial score (nSPS) is 18.5. The number of hydrogen-bond acceptors (Lipinski definition) is 5. The van der Waals surface area contributed by atoms with Crippen molar-refractivity contribution in [1.29, 1.82) is 0 Å². The zero-order valence-electron chi connectivity index (χ0n) is 11.7. The Kier molecular flexibility index (Phi) is 5.14. The van der Waals surface area contributed by atoms with Crippen LogP contribution in [0.5, 0.6) is 0 Å². The van der Waals surface area contributed by atoms with Crippen LogP contribution in [0.3, 0.4) is 0 Å². The average Bonchev–Trinajstić information content (AvgIpc) is 2.88. The van der Waals surface area contributed by atoms with Crippen molar-refractivity contribution in [2.45, 2.75) is 24.3 Å². The van der Waals surface area contributed by atoms with Gasteiger partial charge in [0, 0.05) is 12.7 Å². The number of aliphatic hydroxyl groups is 1. The van der Waals surface area contributed by atoms with E-state index in [1.807, 2.05) is 0 Å². The lowest BCUT2D eigenvalue weighted by molar-refractivity contribution is 0.220. The van der Waals surface area contributed by atoms with Crippen molar-refractivity contribution in [2.24, 2.45) is 5.92 Å². The molecule has 1 fully saturated rings. The highest BCUT2D eigenvalue weighted by Crippen LogP contribution is 2.16. The molecule has 2 heterocycles. The molecule has 20 heavy (non-hydrogen) atoms. The molecule has 2 rings (SSSR count). The standard InChI is InChI=1S/C12H22N4O3S/c1-15-4-2-11(3-5-15)8-14-20(18,19)12-9-13-16(10-12)6-7-17/h9-11,14,17H,2-8H2,1H3. The van der Waals surface area contributed by atoms with Gasteiger partial charge in [-0.05, 0) is 38.9 Å². The van der Waals surface area contributed by atoms with Crippen LogP contribution in [0.15, 0.2) is 17.3 Å². The Labute approximate surface area is 119 Å². The first-order valence-corrected chi connectivity index (χ1v) is 8.31. The summed E-state index contributed by atoms with van der Waals surface area (Å²) in [6, 6.07) is 0. The molecule has 7 nitrogen and oxygen atoms in total. The zero-order chi connectivity index (χ0) is 14.6. The highest BCUT2D eigenvalue weighted by atomic mass is 32.2. The molecule has 0 bridgehead atoms. The largest absolute Gasteiger partial charge is 0.394 e. The first-order chi connectivity index (χ1) is 9.51. The topological polar surface area (TPSA) is 87.5 Å². The molecule has 2 N–H and O–H groups in total. The highest BCUT2D eigenvalue weighted by molar-refractivity contribution is 7.89. The van der Waals surface area contributed by atoms with E-state index in [-0.39, 0.29) is 11.5 Å². The van der Waals surface area contributed by atoms with E-state index in [1.165, 1.54) is 17.1 Å². The minimum Gasteiger partial charge on any atom is -0.394 e. The van der Waals surface area contributed by atoms with Crippen molar-refractivity contribution < 1.29 is 13.5 Å². The Bertz CT molecular complexity index is 521. The minimum absolute atomic E-state index is 0.0653. The second kappa shape index (κ2) is 6.66. The van der Waals surface area contributed by atoms with Crippen LogP contribution < -0.4 is 4.72 Å². The molecule has 0 atom stereocenters. The Morgan fingerprint density at radius 2 is 2.15 bits per heavy atom. The Balaban J connectivity index is 1.90. The van der Waals surface area contributed by atoms with Crippen molar-refractivity contribution >= 4 is 10.0 Å². The number of hydrogen-bond donors (Lipinski definition) is 2. The van der Waals surface area contributed by atoms with Crippen molar-refractivity contribution in [3.05, 3.63) is 12.4 Å². The Morgan fingerprint density at radius 1 is 1.45 bits per heavy atom. The van der Waals surface area contributed by atoms with Crippen molar-refractivity contribution in [1.82, 2.24) is 19.4 Å². The lowest BCUT2D eigenvalue weighted by Crippen LogP contribution is -2.36. The fourth-order valence-electron chi connectivity index (χ4n) is 2.29. The molecule has 114 valence electrons. The van der Waals surface area contributed by atoms with Crippen molar-refractivity contribution in [3.8, 4) is 0 Å². The van der Waals surface area contributed by atoms with E-state index >= 15 is 0 Å². The molecular weight excluding hydrogens is 280 g/mol. The number of aliphatic hydroxyl groups excluding tert-OH is 1. The zero-order valence-corrected chi connectivity index (χ0v) is 12.5. The van der Waals surface area contributed by atoms with Crippen molar-refractivity contribution in [3.63, 3.8) is 0 Å². The van der Waals surface area contributed by atoms with Gasteiger partial charge in [-0.1, -0.05) is 0 Å². The number of nitrogens with one attached hydrogen (secondary N) is 1. The molecule has 1 aromatic rings. The van der Waals surface area contributed by atoms with E-state index in [1.54, 1.807) is 0 Å². The first kappa shape index (κ1) is 15.4. The number of aromatic nitrogens is 2. The van der Waals surface area contributed by atoms with Gasteiger partial charge in [0.05, 0.1) is 19.3 Å². The lowest BCUT2D eigenvalue weighted by Gasteiger charge is -2.28. The van der Waals surface area contributed by atoms with Gasteiger partial charge in [0.2, 0.25) is 10.0 Å². The lowest BCUT2D eigenvalue weighted by atomic mass is 9.98. The molecule has 0 saturated carbocycles. The van der Waals surface area contributed by atoms with Gasteiger partial charge in [0.15, 0.2) is 0 Å². The monoisotopic (exact) mass is 302 g/mol. The molecule has 1 saturated heterocycles. The third-order valence-electron chi connectivity index (χ3n) is 3.65. The fourth-order valence-corrected chi connectivity index (χ4v) is 3.35. The summed E-state index contributed by atoms with van der Waals surface area (Å²) < 4.78 is 28.3. The summed E-state index contributed by atoms with van der Waals surface area (Å²) in [7, 11) is -1.42. The summed E-state index contributed by atoms with van der Waals surface area (Å²) in [6.07, 6.45) is 4.78. The van der Waals surface area contributed by atoms with E-state index in [0.717, 1.165) is 25.9 Å². The molecule has 8 heteroatoms. The third kappa shape index (κ3) is 4.02. The summed E-state index contributed by atoms with van der Waals surface area (Å²) in [6.45, 7) is 2.73. The first-order valence-electron chi connectivity index (χ1n) is 6.83. The molecule has 0 unspecified atom stereocenters. The van der Waals surface area contributed by atoms with Gasteiger partial charge in [-0.15, -0.1) is 0 Å². The maximum absolute atomic E-state index is 12.1. The van der Waals surface area contributed by atoms with Crippen LogP contribution in [0.1, 0.15) is 12.8 Å². The van der Waals surface area contributed by atoms with Gasteiger partial charge in [-0.2, -0.15) is 5.10 Å². The molecule has 1 aliphatic rings. The SMILES string of the molecule is CN1CCC(CNS(=O)(=O)c2cnn(CCO)c2)CC1. The van der Waals surface area contributed by atoms with Crippen LogP contribution in [-0.4, -0.2) is 61.5 Å².